The van der Waals surface area contributed by atoms with Gasteiger partial charge in [0.2, 0.25) is 5.91 Å². The van der Waals surface area contributed by atoms with E-state index in [1.54, 1.807) is 19.2 Å². The lowest BCUT2D eigenvalue weighted by Crippen LogP contribution is -2.35. The predicted molar refractivity (Wildman–Crippen MR) is 111 cm³/mol. The number of aryl methyl sites for hydroxylation is 1. The summed E-state index contributed by atoms with van der Waals surface area (Å²) in [6.07, 6.45) is 2.20. The SMILES string of the molecule is COc1ccc(CCC(=O)N2CCCN(Cc3ccc(C(=O)O)cc3)CC2)cc1. The lowest BCUT2D eigenvalue weighted by molar-refractivity contribution is -0.131. The maximum Gasteiger partial charge on any atom is 0.335 e. The summed E-state index contributed by atoms with van der Waals surface area (Å²) in [5.74, 6) is 0.119. The molecule has 0 spiro atoms. The van der Waals surface area contributed by atoms with Gasteiger partial charge >= 0.3 is 5.97 Å². The fourth-order valence-corrected chi connectivity index (χ4v) is 3.59. The van der Waals surface area contributed by atoms with E-state index in [0.29, 0.717) is 12.0 Å². The third kappa shape index (κ3) is 6.06. The first-order valence-corrected chi connectivity index (χ1v) is 10.0. The van der Waals surface area contributed by atoms with Crippen molar-refractivity contribution in [2.45, 2.75) is 25.8 Å². The lowest BCUT2D eigenvalue weighted by Gasteiger charge is -2.22. The van der Waals surface area contributed by atoms with E-state index in [-0.39, 0.29) is 5.91 Å². The third-order valence-electron chi connectivity index (χ3n) is 5.33. The number of nitrogens with zero attached hydrogens (tertiary/aromatic N) is 2. The molecule has 2 aromatic rings. The molecule has 0 atom stereocenters. The highest BCUT2D eigenvalue weighted by molar-refractivity contribution is 5.87. The van der Waals surface area contributed by atoms with Gasteiger partial charge in [-0.15, -0.1) is 0 Å². The zero-order chi connectivity index (χ0) is 20.6. The summed E-state index contributed by atoms with van der Waals surface area (Å²) in [7, 11) is 1.65. The van der Waals surface area contributed by atoms with Crippen molar-refractivity contribution < 1.29 is 19.4 Å². The normalized spacial score (nSPS) is 15.0. The maximum atomic E-state index is 12.6. The van der Waals surface area contributed by atoms with Crippen molar-refractivity contribution in [2.75, 3.05) is 33.3 Å². The number of hydrogen-bond acceptors (Lipinski definition) is 4. The van der Waals surface area contributed by atoms with E-state index >= 15 is 0 Å². The van der Waals surface area contributed by atoms with Crippen LogP contribution in [0.2, 0.25) is 0 Å². The summed E-state index contributed by atoms with van der Waals surface area (Å²) in [4.78, 5) is 27.9. The number of carbonyl (C=O) groups excluding carboxylic acids is 1. The van der Waals surface area contributed by atoms with Crippen molar-refractivity contribution in [3.05, 3.63) is 65.2 Å². The molecular weight excluding hydrogens is 368 g/mol. The number of rotatable bonds is 7. The molecule has 1 aliphatic heterocycles. The molecule has 2 aromatic carbocycles. The molecule has 0 saturated carbocycles. The first-order valence-electron chi connectivity index (χ1n) is 10.0. The third-order valence-corrected chi connectivity index (χ3v) is 5.33. The molecule has 0 aromatic heterocycles. The molecule has 0 radical (unpaired) electrons. The van der Waals surface area contributed by atoms with Crippen LogP contribution in [0, 0.1) is 0 Å². The lowest BCUT2D eigenvalue weighted by atomic mass is 10.1. The van der Waals surface area contributed by atoms with E-state index in [4.69, 9.17) is 9.84 Å². The Morgan fingerprint density at radius 3 is 2.28 bits per heavy atom. The smallest absolute Gasteiger partial charge is 0.335 e. The molecule has 1 N–H and O–H groups in total. The number of carboxylic acids is 1. The molecule has 1 fully saturated rings. The average Bonchev–Trinajstić information content (AvgIpc) is 2.98. The van der Waals surface area contributed by atoms with Crippen LogP contribution in [0.1, 0.15) is 34.3 Å². The molecule has 1 aliphatic rings. The minimum atomic E-state index is -0.907. The Bertz CT molecular complexity index is 818. The van der Waals surface area contributed by atoms with Gasteiger partial charge in [0.05, 0.1) is 12.7 Å². The molecule has 0 unspecified atom stereocenters. The van der Waals surface area contributed by atoms with Crippen LogP contribution < -0.4 is 4.74 Å². The van der Waals surface area contributed by atoms with Crippen molar-refractivity contribution in [3.63, 3.8) is 0 Å². The Kier molecular flexibility index (Phi) is 7.25. The summed E-state index contributed by atoms with van der Waals surface area (Å²) in [6.45, 7) is 4.05. The van der Waals surface area contributed by atoms with Crippen molar-refractivity contribution in [2.24, 2.45) is 0 Å². The maximum absolute atomic E-state index is 12.6. The van der Waals surface area contributed by atoms with Gasteiger partial charge in [-0.05, 0) is 48.2 Å². The second kappa shape index (κ2) is 10.1. The highest BCUT2D eigenvalue weighted by atomic mass is 16.5. The molecule has 29 heavy (non-hydrogen) atoms. The highest BCUT2D eigenvalue weighted by Gasteiger charge is 2.19. The van der Waals surface area contributed by atoms with Crippen LogP contribution in [-0.4, -0.2) is 60.1 Å². The molecule has 154 valence electrons. The minimum absolute atomic E-state index is 0.202. The van der Waals surface area contributed by atoms with Crippen LogP contribution in [0.4, 0.5) is 0 Å². The Labute approximate surface area is 171 Å². The molecule has 0 bridgehead atoms. The van der Waals surface area contributed by atoms with Gasteiger partial charge in [0.15, 0.2) is 0 Å². The molecule has 6 heteroatoms. The number of hydrogen-bond donors (Lipinski definition) is 1. The van der Waals surface area contributed by atoms with Gasteiger partial charge in [-0.25, -0.2) is 4.79 Å². The van der Waals surface area contributed by atoms with E-state index in [0.717, 1.165) is 62.4 Å². The standard InChI is InChI=1S/C23H28N2O4/c1-29-21-10-5-18(6-11-21)7-12-22(26)25-14-2-13-24(15-16-25)17-19-3-8-20(9-4-19)23(27)28/h3-6,8-11H,2,7,12-17H2,1H3,(H,27,28). The Hall–Kier alpha value is -2.86. The molecular formula is C23H28N2O4. The number of benzene rings is 2. The summed E-state index contributed by atoms with van der Waals surface area (Å²) in [5.41, 5.74) is 2.54. The summed E-state index contributed by atoms with van der Waals surface area (Å²) in [6, 6.07) is 14.9. The second-order valence-electron chi connectivity index (χ2n) is 7.36. The van der Waals surface area contributed by atoms with Crippen LogP contribution in [0.15, 0.2) is 48.5 Å². The van der Waals surface area contributed by atoms with E-state index in [1.807, 2.05) is 41.3 Å². The highest BCUT2D eigenvalue weighted by Crippen LogP contribution is 2.15. The zero-order valence-electron chi connectivity index (χ0n) is 16.8. The molecule has 1 heterocycles. The van der Waals surface area contributed by atoms with Crippen molar-refractivity contribution in [1.29, 1.82) is 0 Å². The van der Waals surface area contributed by atoms with E-state index in [1.165, 1.54) is 0 Å². The Morgan fingerprint density at radius 1 is 0.931 bits per heavy atom. The van der Waals surface area contributed by atoms with Gasteiger partial charge in [0.1, 0.15) is 5.75 Å². The van der Waals surface area contributed by atoms with Gasteiger partial charge in [0.25, 0.3) is 0 Å². The molecule has 0 aliphatic carbocycles. The fourth-order valence-electron chi connectivity index (χ4n) is 3.59. The minimum Gasteiger partial charge on any atom is -0.497 e. The van der Waals surface area contributed by atoms with Crippen LogP contribution in [-0.2, 0) is 17.8 Å². The first kappa shape index (κ1) is 20.9. The Morgan fingerprint density at radius 2 is 1.62 bits per heavy atom. The summed E-state index contributed by atoms with van der Waals surface area (Å²) < 4.78 is 5.17. The Balaban J connectivity index is 1.46. The quantitative estimate of drug-likeness (QED) is 0.779. The average molecular weight is 396 g/mol. The zero-order valence-corrected chi connectivity index (χ0v) is 16.8. The second-order valence-corrected chi connectivity index (χ2v) is 7.36. The van der Waals surface area contributed by atoms with E-state index in [2.05, 4.69) is 4.90 Å². The van der Waals surface area contributed by atoms with E-state index < -0.39 is 5.97 Å². The van der Waals surface area contributed by atoms with Crippen LogP contribution >= 0.6 is 0 Å². The largest absolute Gasteiger partial charge is 0.497 e. The van der Waals surface area contributed by atoms with Gasteiger partial charge in [-0.3, -0.25) is 9.69 Å². The molecule has 1 amide bonds. The van der Waals surface area contributed by atoms with Crippen molar-refractivity contribution in [3.8, 4) is 5.75 Å². The van der Waals surface area contributed by atoms with Crippen LogP contribution in [0.3, 0.4) is 0 Å². The fraction of sp³-hybridized carbons (Fsp3) is 0.391. The van der Waals surface area contributed by atoms with Crippen molar-refractivity contribution in [1.82, 2.24) is 9.80 Å². The topological polar surface area (TPSA) is 70.1 Å². The van der Waals surface area contributed by atoms with Gasteiger partial charge in [-0.2, -0.15) is 0 Å². The van der Waals surface area contributed by atoms with Crippen LogP contribution in [0.5, 0.6) is 5.75 Å². The van der Waals surface area contributed by atoms with Crippen LogP contribution in [0.25, 0.3) is 0 Å². The number of ether oxygens (including phenoxy) is 1. The number of aromatic carboxylic acids is 1. The predicted octanol–water partition coefficient (Wildman–Crippen LogP) is 3.06. The molecule has 6 nitrogen and oxygen atoms in total. The van der Waals surface area contributed by atoms with Gasteiger partial charge in [-0.1, -0.05) is 24.3 Å². The first-order chi connectivity index (χ1) is 14.0. The van der Waals surface area contributed by atoms with E-state index in [9.17, 15) is 9.59 Å². The summed E-state index contributed by atoms with van der Waals surface area (Å²) in [5, 5.41) is 9.00. The monoisotopic (exact) mass is 396 g/mol. The number of carboxylic acid groups (broad SMARTS) is 1. The van der Waals surface area contributed by atoms with Gasteiger partial charge < -0.3 is 14.7 Å². The molecule has 1 saturated heterocycles. The number of methoxy groups -OCH3 is 1. The molecule has 3 rings (SSSR count). The number of amides is 1. The summed E-state index contributed by atoms with van der Waals surface area (Å²) >= 11 is 0. The number of carbonyl (C=O) groups is 2. The van der Waals surface area contributed by atoms with Gasteiger partial charge in [0, 0.05) is 39.1 Å². The van der Waals surface area contributed by atoms with Crippen molar-refractivity contribution >= 4 is 11.9 Å².